The molecule has 1 amide bonds. The monoisotopic (exact) mass is 325 g/mol. The highest BCUT2D eigenvalue weighted by Crippen LogP contribution is 2.51. The van der Waals surface area contributed by atoms with Crippen molar-refractivity contribution in [1.82, 2.24) is 4.90 Å². The molecule has 0 bridgehead atoms. The molecule has 3 rings (SSSR count). The summed E-state index contributed by atoms with van der Waals surface area (Å²) in [5.74, 6) is -0.427. The van der Waals surface area contributed by atoms with Gasteiger partial charge in [-0.3, -0.25) is 4.79 Å². The Labute approximate surface area is 135 Å². The number of benzene rings is 1. The fourth-order valence-corrected chi connectivity index (χ4v) is 3.91. The Morgan fingerprint density at radius 3 is 2.86 bits per heavy atom. The molecule has 22 heavy (non-hydrogen) atoms. The number of rotatable bonds is 4. The van der Waals surface area contributed by atoms with Crippen molar-refractivity contribution < 1.29 is 14.3 Å². The van der Waals surface area contributed by atoms with E-state index in [4.69, 9.17) is 11.6 Å². The molecule has 0 aliphatic heterocycles. The van der Waals surface area contributed by atoms with Gasteiger partial charge < -0.3 is 10.0 Å². The van der Waals surface area contributed by atoms with Crippen molar-refractivity contribution in [2.45, 2.75) is 37.7 Å². The summed E-state index contributed by atoms with van der Waals surface area (Å²) < 4.78 is 13.9. The molecule has 0 aromatic heterocycles. The second-order valence-corrected chi connectivity index (χ2v) is 6.97. The molecule has 0 radical (unpaired) electrons. The van der Waals surface area contributed by atoms with E-state index in [9.17, 15) is 14.3 Å². The Hall–Kier alpha value is -1.13. The van der Waals surface area contributed by atoms with Gasteiger partial charge in [0.05, 0.1) is 6.10 Å². The highest BCUT2D eigenvalue weighted by Gasteiger charge is 2.47. The van der Waals surface area contributed by atoms with Crippen LogP contribution in [-0.2, 0) is 4.79 Å². The van der Waals surface area contributed by atoms with Gasteiger partial charge in [-0.2, -0.15) is 0 Å². The molecule has 2 aliphatic rings. The van der Waals surface area contributed by atoms with Gasteiger partial charge in [0.2, 0.25) is 5.91 Å². The van der Waals surface area contributed by atoms with Gasteiger partial charge in [-0.25, -0.2) is 4.39 Å². The predicted molar refractivity (Wildman–Crippen MR) is 83.2 cm³/mol. The van der Waals surface area contributed by atoms with E-state index in [-0.39, 0.29) is 35.6 Å². The molecule has 0 heterocycles. The van der Waals surface area contributed by atoms with E-state index in [2.05, 4.69) is 0 Å². The molecule has 0 spiro atoms. The second kappa shape index (κ2) is 6.17. The lowest BCUT2D eigenvalue weighted by atomic mass is 10.0. The fraction of sp³-hybridized carbons (Fsp3) is 0.588. The third-order valence-corrected chi connectivity index (χ3v) is 5.31. The number of hydrogen-bond acceptors (Lipinski definition) is 2. The standard InChI is InChI=1S/C17H21ClFNO2/c1-20(9-10-4-2-7-15(10)21)17(22)12-8-11(12)16-13(18)5-3-6-14(16)19/h3,5-6,10-12,15,21H,2,4,7-9H2,1H3. The van der Waals surface area contributed by atoms with Crippen molar-refractivity contribution in [2.75, 3.05) is 13.6 Å². The predicted octanol–water partition coefficient (Wildman–Crippen LogP) is 3.20. The van der Waals surface area contributed by atoms with Crippen LogP contribution in [0.2, 0.25) is 5.02 Å². The number of carbonyl (C=O) groups is 1. The van der Waals surface area contributed by atoms with Crippen LogP contribution < -0.4 is 0 Å². The molecule has 1 aromatic rings. The Kier molecular flexibility index (Phi) is 4.42. The number of amides is 1. The van der Waals surface area contributed by atoms with E-state index < -0.39 is 0 Å². The molecule has 2 aliphatic carbocycles. The summed E-state index contributed by atoms with van der Waals surface area (Å²) in [4.78, 5) is 14.2. The highest BCUT2D eigenvalue weighted by atomic mass is 35.5. The Balaban J connectivity index is 1.63. The molecular formula is C17H21ClFNO2. The summed E-state index contributed by atoms with van der Waals surface area (Å²) in [5.41, 5.74) is 0.469. The van der Waals surface area contributed by atoms with Crippen molar-refractivity contribution in [3.05, 3.63) is 34.6 Å². The first kappa shape index (κ1) is 15.8. The van der Waals surface area contributed by atoms with Crippen LogP contribution in [0.1, 0.15) is 37.2 Å². The van der Waals surface area contributed by atoms with E-state index in [1.54, 1.807) is 24.1 Å². The van der Waals surface area contributed by atoms with Gasteiger partial charge in [-0.15, -0.1) is 0 Å². The summed E-state index contributed by atoms with van der Waals surface area (Å²) in [6.45, 7) is 0.578. The number of aliphatic hydroxyl groups is 1. The highest BCUT2D eigenvalue weighted by molar-refractivity contribution is 6.31. The third-order valence-electron chi connectivity index (χ3n) is 4.98. The molecule has 0 saturated heterocycles. The fourth-order valence-electron chi connectivity index (χ4n) is 3.61. The van der Waals surface area contributed by atoms with E-state index in [1.807, 2.05) is 0 Å². The number of carbonyl (C=O) groups excluding carboxylic acids is 1. The Bertz CT molecular complexity index is 560. The number of aliphatic hydroxyl groups excluding tert-OH is 1. The quantitative estimate of drug-likeness (QED) is 0.923. The van der Waals surface area contributed by atoms with Gasteiger partial charge in [0, 0.05) is 41.9 Å². The number of nitrogens with zero attached hydrogens (tertiary/aromatic N) is 1. The van der Waals surface area contributed by atoms with Gasteiger partial charge in [-0.05, 0) is 31.4 Å². The molecule has 1 N–H and O–H groups in total. The minimum atomic E-state index is -0.332. The summed E-state index contributed by atoms with van der Waals surface area (Å²) in [6, 6.07) is 4.63. The zero-order valence-electron chi connectivity index (χ0n) is 12.6. The van der Waals surface area contributed by atoms with Crippen LogP contribution in [0, 0.1) is 17.7 Å². The van der Waals surface area contributed by atoms with Crippen LogP contribution in [0.3, 0.4) is 0 Å². The summed E-state index contributed by atoms with van der Waals surface area (Å²) in [5, 5.41) is 10.3. The molecular weight excluding hydrogens is 305 g/mol. The van der Waals surface area contributed by atoms with Crippen LogP contribution in [0.15, 0.2) is 18.2 Å². The normalized spacial score (nSPS) is 30.4. The first-order chi connectivity index (χ1) is 10.5. The minimum absolute atomic E-state index is 0.0309. The summed E-state index contributed by atoms with van der Waals surface area (Å²) in [7, 11) is 1.77. The van der Waals surface area contributed by atoms with Crippen LogP contribution in [0.4, 0.5) is 4.39 Å². The van der Waals surface area contributed by atoms with Crippen molar-refractivity contribution >= 4 is 17.5 Å². The maximum Gasteiger partial charge on any atom is 0.226 e. The van der Waals surface area contributed by atoms with E-state index in [0.717, 1.165) is 19.3 Å². The molecule has 2 saturated carbocycles. The molecule has 120 valence electrons. The average Bonchev–Trinajstić information content (AvgIpc) is 3.15. The van der Waals surface area contributed by atoms with Gasteiger partial charge >= 0.3 is 0 Å². The van der Waals surface area contributed by atoms with Gasteiger partial charge in [0.25, 0.3) is 0 Å². The number of hydrogen-bond donors (Lipinski definition) is 1. The van der Waals surface area contributed by atoms with E-state index in [0.29, 0.717) is 23.6 Å². The van der Waals surface area contributed by atoms with Crippen molar-refractivity contribution in [3.63, 3.8) is 0 Å². The lowest BCUT2D eigenvalue weighted by molar-refractivity contribution is -0.132. The van der Waals surface area contributed by atoms with Gasteiger partial charge in [0.15, 0.2) is 0 Å². The molecule has 3 nitrogen and oxygen atoms in total. The lowest BCUT2D eigenvalue weighted by Crippen LogP contribution is -2.35. The average molecular weight is 326 g/mol. The minimum Gasteiger partial charge on any atom is -0.393 e. The van der Waals surface area contributed by atoms with Gasteiger partial charge in [0.1, 0.15) is 5.82 Å². The van der Waals surface area contributed by atoms with Gasteiger partial charge in [-0.1, -0.05) is 24.1 Å². The topological polar surface area (TPSA) is 40.5 Å². The molecule has 1 aromatic carbocycles. The number of halogens is 2. The first-order valence-electron chi connectivity index (χ1n) is 7.86. The smallest absolute Gasteiger partial charge is 0.226 e. The Morgan fingerprint density at radius 2 is 2.23 bits per heavy atom. The maximum absolute atomic E-state index is 13.9. The maximum atomic E-state index is 13.9. The van der Waals surface area contributed by atoms with Crippen LogP contribution >= 0.6 is 11.6 Å². The zero-order valence-corrected chi connectivity index (χ0v) is 13.4. The largest absolute Gasteiger partial charge is 0.393 e. The molecule has 5 heteroatoms. The SMILES string of the molecule is CN(CC1CCCC1O)C(=O)C1CC1c1c(F)cccc1Cl. The first-order valence-corrected chi connectivity index (χ1v) is 8.23. The van der Waals surface area contributed by atoms with Crippen LogP contribution in [0.5, 0.6) is 0 Å². The van der Waals surface area contributed by atoms with Crippen molar-refractivity contribution in [1.29, 1.82) is 0 Å². The van der Waals surface area contributed by atoms with Crippen LogP contribution in [0.25, 0.3) is 0 Å². The third kappa shape index (κ3) is 2.99. The lowest BCUT2D eigenvalue weighted by Gasteiger charge is -2.23. The van der Waals surface area contributed by atoms with E-state index in [1.165, 1.54) is 6.07 Å². The molecule has 2 fully saturated rings. The second-order valence-electron chi connectivity index (χ2n) is 6.56. The van der Waals surface area contributed by atoms with E-state index >= 15 is 0 Å². The molecule has 4 unspecified atom stereocenters. The summed E-state index contributed by atoms with van der Waals surface area (Å²) >= 11 is 6.07. The summed E-state index contributed by atoms with van der Waals surface area (Å²) in [6.07, 6.45) is 3.16. The zero-order chi connectivity index (χ0) is 15.9. The van der Waals surface area contributed by atoms with Crippen LogP contribution in [-0.4, -0.2) is 35.6 Å². The Morgan fingerprint density at radius 1 is 1.45 bits per heavy atom. The van der Waals surface area contributed by atoms with Crippen molar-refractivity contribution in [2.24, 2.45) is 11.8 Å². The molecule has 4 atom stereocenters. The van der Waals surface area contributed by atoms with Crippen molar-refractivity contribution in [3.8, 4) is 0 Å².